The third-order valence-electron chi connectivity index (χ3n) is 1.55. The maximum absolute atomic E-state index is 5.17. The van der Waals surface area contributed by atoms with Crippen LogP contribution >= 0.6 is 24.0 Å². The van der Waals surface area contributed by atoms with Crippen LogP contribution in [-0.4, -0.2) is 10.5 Å². The van der Waals surface area contributed by atoms with Crippen molar-refractivity contribution in [3.8, 4) is 0 Å². The van der Waals surface area contributed by atoms with Gasteiger partial charge in [-0.05, 0) is 18.7 Å². The standard InChI is InChI=1S/C9H10S2/c1-7-5-3-4-6-8(7)9(10)11-2/h3-6H,1-2H3. The summed E-state index contributed by atoms with van der Waals surface area (Å²) in [6.07, 6.45) is 2.01. The largest absolute Gasteiger partial charge is 0.117 e. The van der Waals surface area contributed by atoms with Gasteiger partial charge in [0.25, 0.3) is 0 Å². The molecule has 0 aromatic heterocycles. The van der Waals surface area contributed by atoms with Gasteiger partial charge in [-0.3, -0.25) is 0 Å². The Morgan fingerprint density at radius 3 is 2.55 bits per heavy atom. The molecule has 0 saturated carbocycles. The van der Waals surface area contributed by atoms with Crippen molar-refractivity contribution in [1.29, 1.82) is 0 Å². The van der Waals surface area contributed by atoms with Crippen molar-refractivity contribution in [3.63, 3.8) is 0 Å². The van der Waals surface area contributed by atoms with Crippen LogP contribution in [0, 0.1) is 6.92 Å². The molecule has 0 nitrogen and oxygen atoms in total. The Morgan fingerprint density at radius 2 is 2.00 bits per heavy atom. The van der Waals surface area contributed by atoms with Gasteiger partial charge in [0.2, 0.25) is 0 Å². The lowest BCUT2D eigenvalue weighted by Gasteiger charge is -2.02. The minimum Gasteiger partial charge on any atom is -0.117 e. The van der Waals surface area contributed by atoms with E-state index in [1.54, 1.807) is 11.8 Å². The van der Waals surface area contributed by atoms with E-state index in [-0.39, 0.29) is 0 Å². The Kier molecular flexibility index (Phi) is 3.09. The zero-order chi connectivity index (χ0) is 8.27. The number of rotatable bonds is 1. The molecule has 0 radical (unpaired) electrons. The van der Waals surface area contributed by atoms with Crippen LogP contribution < -0.4 is 0 Å². The summed E-state index contributed by atoms with van der Waals surface area (Å²) in [6, 6.07) is 8.19. The summed E-state index contributed by atoms with van der Waals surface area (Å²) in [5.41, 5.74) is 2.45. The van der Waals surface area contributed by atoms with Crippen molar-refractivity contribution < 1.29 is 0 Å². The molecule has 0 heterocycles. The Labute approximate surface area is 77.0 Å². The first kappa shape index (κ1) is 8.75. The molecule has 0 aliphatic carbocycles. The fourth-order valence-electron chi connectivity index (χ4n) is 0.912. The van der Waals surface area contributed by atoms with Crippen LogP contribution in [-0.2, 0) is 0 Å². The molecule has 0 aliphatic heterocycles. The van der Waals surface area contributed by atoms with E-state index in [9.17, 15) is 0 Å². The monoisotopic (exact) mass is 182 g/mol. The van der Waals surface area contributed by atoms with Crippen LogP contribution in [0.2, 0.25) is 0 Å². The predicted molar refractivity (Wildman–Crippen MR) is 56.4 cm³/mol. The van der Waals surface area contributed by atoms with Crippen molar-refractivity contribution in [1.82, 2.24) is 0 Å². The Morgan fingerprint density at radius 1 is 1.36 bits per heavy atom. The van der Waals surface area contributed by atoms with E-state index < -0.39 is 0 Å². The molecule has 58 valence electrons. The summed E-state index contributed by atoms with van der Waals surface area (Å²) in [5, 5.41) is 0. The minimum absolute atomic E-state index is 0.975. The molecule has 0 atom stereocenters. The maximum atomic E-state index is 5.17. The first-order valence-corrected chi connectivity index (χ1v) is 5.03. The smallest absolute Gasteiger partial charge is 0.0778 e. The number of aryl methyl sites for hydroxylation is 1. The molecule has 0 amide bonds. The van der Waals surface area contributed by atoms with Gasteiger partial charge >= 0.3 is 0 Å². The predicted octanol–water partition coefficient (Wildman–Crippen LogP) is 3.03. The normalized spacial score (nSPS) is 9.64. The molecular weight excluding hydrogens is 172 g/mol. The summed E-state index contributed by atoms with van der Waals surface area (Å²) in [5.74, 6) is 0. The van der Waals surface area contributed by atoms with E-state index >= 15 is 0 Å². The second-order valence-electron chi connectivity index (χ2n) is 2.31. The summed E-state index contributed by atoms with van der Waals surface area (Å²) in [4.78, 5) is 0. The summed E-state index contributed by atoms with van der Waals surface area (Å²) >= 11 is 6.80. The molecule has 11 heavy (non-hydrogen) atoms. The summed E-state index contributed by atoms with van der Waals surface area (Å²) in [7, 11) is 0. The van der Waals surface area contributed by atoms with Crippen LogP contribution in [0.25, 0.3) is 0 Å². The number of hydrogen-bond acceptors (Lipinski definition) is 2. The third-order valence-corrected chi connectivity index (χ3v) is 2.86. The van der Waals surface area contributed by atoms with Crippen LogP contribution in [0.5, 0.6) is 0 Å². The van der Waals surface area contributed by atoms with E-state index in [4.69, 9.17) is 12.2 Å². The quantitative estimate of drug-likeness (QED) is 0.612. The van der Waals surface area contributed by atoms with Crippen molar-refractivity contribution in [3.05, 3.63) is 35.4 Å². The van der Waals surface area contributed by atoms with Gasteiger partial charge in [-0.2, -0.15) is 0 Å². The van der Waals surface area contributed by atoms with Gasteiger partial charge in [0.1, 0.15) is 0 Å². The number of thioether (sulfide) groups is 1. The van der Waals surface area contributed by atoms with Gasteiger partial charge in [-0.15, -0.1) is 11.8 Å². The Balaban J connectivity index is 3.03. The number of thiocarbonyl (C=S) groups is 1. The molecule has 0 unspecified atom stereocenters. The SMILES string of the molecule is CSC(=S)c1ccccc1C. The topological polar surface area (TPSA) is 0 Å². The van der Waals surface area contributed by atoms with E-state index in [0.29, 0.717) is 0 Å². The molecule has 0 spiro atoms. The zero-order valence-corrected chi connectivity index (χ0v) is 8.26. The molecule has 0 fully saturated rings. The Hall–Kier alpha value is -0.340. The Bertz CT molecular complexity index is 266. The van der Waals surface area contributed by atoms with Crippen molar-refractivity contribution in [2.75, 3.05) is 6.26 Å². The summed E-state index contributed by atoms with van der Waals surface area (Å²) in [6.45, 7) is 2.08. The zero-order valence-electron chi connectivity index (χ0n) is 6.63. The van der Waals surface area contributed by atoms with Crippen molar-refractivity contribution >= 4 is 28.2 Å². The minimum atomic E-state index is 0.975. The average Bonchev–Trinajstić information content (AvgIpc) is 2.04. The maximum Gasteiger partial charge on any atom is 0.0778 e. The second-order valence-corrected chi connectivity index (χ2v) is 3.79. The first-order valence-electron chi connectivity index (χ1n) is 3.39. The molecular formula is C9H10S2. The average molecular weight is 182 g/mol. The lowest BCUT2D eigenvalue weighted by atomic mass is 10.1. The van der Waals surface area contributed by atoms with Gasteiger partial charge in [-0.25, -0.2) is 0 Å². The lowest BCUT2D eigenvalue weighted by molar-refractivity contribution is 1.46. The molecule has 1 aromatic carbocycles. The lowest BCUT2D eigenvalue weighted by Crippen LogP contribution is -1.92. The van der Waals surface area contributed by atoms with Crippen LogP contribution in [0.15, 0.2) is 24.3 Å². The highest BCUT2D eigenvalue weighted by Gasteiger charge is 2.00. The molecule has 0 bridgehead atoms. The van der Waals surface area contributed by atoms with Gasteiger partial charge in [-0.1, -0.05) is 36.5 Å². The first-order chi connectivity index (χ1) is 5.25. The van der Waals surface area contributed by atoms with Crippen LogP contribution in [0.3, 0.4) is 0 Å². The highest BCUT2D eigenvalue weighted by molar-refractivity contribution is 8.23. The number of hydrogen-bond donors (Lipinski definition) is 0. The van der Waals surface area contributed by atoms with Gasteiger partial charge in [0.05, 0.1) is 4.20 Å². The van der Waals surface area contributed by atoms with Crippen LogP contribution in [0.4, 0.5) is 0 Å². The summed E-state index contributed by atoms with van der Waals surface area (Å²) < 4.78 is 0.975. The molecule has 1 rings (SSSR count). The van der Waals surface area contributed by atoms with E-state index in [1.165, 1.54) is 11.1 Å². The fraction of sp³-hybridized carbons (Fsp3) is 0.222. The fourth-order valence-corrected chi connectivity index (χ4v) is 1.59. The van der Waals surface area contributed by atoms with Gasteiger partial charge < -0.3 is 0 Å². The van der Waals surface area contributed by atoms with E-state index in [2.05, 4.69) is 19.1 Å². The second kappa shape index (κ2) is 3.88. The van der Waals surface area contributed by atoms with Gasteiger partial charge in [0, 0.05) is 5.56 Å². The van der Waals surface area contributed by atoms with Crippen molar-refractivity contribution in [2.24, 2.45) is 0 Å². The highest BCUT2D eigenvalue weighted by Crippen LogP contribution is 2.14. The molecule has 0 aliphatic rings. The number of benzene rings is 1. The van der Waals surface area contributed by atoms with Gasteiger partial charge in [0.15, 0.2) is 0 Å². The molecule has 0 N–H and O–H groups in total. The van der Waals surface area contributed by atoms with Crippen LogP contribution in [0.1, 0.15) is 11.1 Å². The van der Waals surface area contributed by atoms with E-state index in [0.717, 1.165) is 4.20 Å². The molecule has 2 heteroatoms. The van der Waals surface area contributed by atoms with E-state index in [1.807, 2.05) is 18.4 Å². The van der Waals surface area contributed by atoms with Crippen molar-refractivity contribution in [2.45, 2.75) is 6.92 Å². The molecule has 1 aromatic rings. The third kappa shape index (κ3) is 2.04. The highest BCUT2D eigenvalue weighted by atomic mass is 32.2. The molecule has 0 saturated heterocycles.